The highest BCUT2D eigenvalue weighted by Crippen LogP contribution is 2.26. The Bertz CT molecular complexity index is 575. The average molecular weight is 308 g/mol. The van der Waals surface area contributed by atoms with Crippen LogP contribution in [0.15, 0.2) is 39.4 Å². The van der Waals surface area contributed by atoms with Gasteiger partial charge in [-0.15, -0.1) is 0 Å². The van der Waals surface area contributed by atoms with E-state index < -0.39 is 0 Å². The second-order valence-corrected chi connectivity index (χ2v) is 4.79. The maximum Gasteiger partial charge on any atom is 0.259 e. The SMILES string of the molecule is CCc1occc1C(=O)Nc1cccc(C)c1Br. The standard InChI is InChI=1S/C14H14BrNO2/c1-3-12-10(7-8-18-12)14(17)16-11-6-4-5-9(2)13(11)15/h4-8H,3H2,1-2H3,(H,16,17). The first-order valence-electron chi connectivity index (χ1n) is 5.76. The molecule has 2 rings (SSSR count). The van der Waals surface area contributed by atoms with Gasteiger partial charge in [-0.1, -0.05) is 19.1 Å². The van der Waals surface area contributed by atoms with E-state index in [4.69, 9.17) is 4.42 Å². The molecule has 2 aromatic rings. The smallest absolute Gasteiger partial charge is 0.259 e. The van der Waals surface area contributed by atoms with E-state index in [-0.39, 0.29) is 5.91 Å². The van der Waals surface area contributed by atoms with Crippen molar-refractivity contribution in [2.24, 2.45) is 0 Å². The first-order valence-corrected chi connectivity index (χ1v) is 6.55. The van der Waals surface area contributed by atoms with Crippen LogP contribution in [0.2, 0.25) is 0 Å². The molecule has 0 aliphatic carbocycles. The predicted molar refractivity (Wildman–Crippen MR) is 74.9 cm³/mol. The Morgan fingerprint density at radius 3 is 2.89 bits per heavy atom. The molecule has 0 aliphatic heterocycles. The largest absolute Gasteiger partial charge is 0.469 e. The third-order valence-corrected chi connectivity index (χ3v) is 3.80. The fraction of sp³-hybridized carbons (Fsp3) is 0.214. The maximum absolute atomic E-state index is 12.1. The first-order chi connectivity index (χ1) is 8.63. The lowest BCUT2D eigenvalue weighted by atomic mass is 10.2. The molecule has 1 aromatic heterocycles. The van der Waals surface area contributed by atoms with E-state index in [1.807, 2.05) is 32.0 Å². The molecular formula is C14H14BrNO2. The highest BCUT2D eigenvalue weighted by molar-refractivity contribution is 9.10. The lowest BCUT2D eigenvalue weighted by Crippen LogP contribution is -2.13. The summed E-state index contributed by atoms with van der Waals surface area (Å²) in [7, 11) is 0. The van der Waals surface area contributed by atoms with Crippen LogP contribution in [0.3, 0.4) is 0 Å². The molecule has 0 atom stereocenters. The third-order valence-electron chi connectivity index (χ3n) is 2.75. The third kappa shape index (κ3) is 2.48. The Labute approximate surface area is 114 Å². The molecule has 4 heteroatoms. The van der Waals surface area contributed by atoms with Crippen molar-refractivity contribution >= 4 is 27.5 Å². The van der Waals surface area contributed by atoms with Gasteiger partial charge in [0.25, 0.3) is 5.91 Å². The number of furan rings is 1. The minimum absolute atomic E-state index is 0.146. The molecule has 94 valence electrons. The van der Waals surface area contributed by atoms with Gasteiger partial charge in [-0.25, -0.2) is 0 Å². The maximum atomic E-state index is 12.1. The van der Waals surface area contributed by atoms with E-state index in [0.29, 0.717) is 17.7 Å². The van der Waals surface area contributed by atoms with Gasteiger partial charge in [-0.3, -0.25) is 4.79 Å². The van der Waals surface area contributed by atoms with Crippen LogP contribution in [0, 0.1) is 6.92 Å². The molecule has 1 N–H and O–H groups in total. The molecule has 0 spiro atoms. The molecule has 0 bridgehead atoms. The topological polar surface area (TPSA) is 42.2 Å². The number of carbonyl (C=O) groups excluding carboxylic acids is 1. The number of amides is 1. The number of hydrogen-bond donors (Lipinski definition) is 1. The zero-order valence-corrected chi connectivity index (χ0v) is 11.9. The highest BCUT2D eigenvalue weighted by atomic mass is 79.9. The minimum atomic E-state index is -0.146. The minimum Gasteiger partial charge on any atom is -0.469 e. The molecule has 1 aromatic carbocycles. The number of benzene rings is 1. The summed E-state index contributed by atoms with van der Waals surface area (Å²) >= 11 is 3.47. The van der Waals surface area contributed by atoms with Crippen molar-refractivity contribution in [3.8, 4) is 0 Å². The van der Waals surface area contributed by atoms with E-state index in [2.05, 4.69) is 21.2 Å². The Kier molecular flexibility index (Phi) is 3.87. The lowest BCUT2D eigenvalue weighted by Gasteiger charge is -2.08. The summed E-state index contributed by atoms with van der Waals surface area (Å²) < 4.78 is 6.16. The van der Waals surface area contributed by atoms with Crippen molar-refractivity contribution in [3.63, 3.8) is 0 Å². The number of halogens is 1. The normalized spacial score (nSPS) is 10.4. The van der Waals surface area contributed by atoms with Gasteiger partial charge in [0.05, 0.1) is 17.5 Å². The van der Waals surface area contributed by atoms with Gasteiger partial charge < -0.3 is 9.73 Å². The number of rotatable bonds is 3. The van der Waals surface area contributed by atoms with Crippen LogP contribution in [0.25, 0.3) is 0 Å². The number of hydrogen-bond acceptors (Lipinski definition) is 2. The van der Waals surface area contributed by atoms with Gasteiger partial charge in [-0.2, -0.15) is 0 Å². The Hall–Kier alpha value is -1.55. The van der Waals surface area contributed by atoms with E-state index in [1.165, 1.54) is 0 Å². The van der Waals surface area contributed by atoms with Crippen molar-refractivity contribution < 1.29 is 9.21 Å². The van der Waals surface area contributed by atoms with Gasteiger partial charge in [0, 0.05) is 10.9 Å². The Balaban J connectivity index is 2.24. The predicted octanol–water partition coefficient (Wildman–Crippen LogP) is 4.17. The van der Waals surface area contributed by atoms with Crippen LogP contribution in [0.1, 0.15) is 28.6 Å². The molecule has 0 fully saturated rings. The van der Waals surface area contributed by atoms with Crippen LogP contribution in [-0.4, -0.2) is 5.91 Å². The van der Waals surface area contributed by atoms with Gasteiger partial charge in [-0.05, 0) is 40.5 Å². The summed E-state index contributed by atoms with van der Waals surface area (Å²) in [5.41, 5.74) is 2.44. The molecular weight excluding hydrogens is 294 g/mol. The van der Waals surface area contributed by atoms with Gasteiger partial charge in [0.15, 0.2) is 0 Å². The number of carbonyl (C=O) groups is 1. The summed E-state index contributed by atoms with van der Waals surface area (Å²) in [5, 5.41) is 2.88. The van der Waals surface area contributed by atoms with E-state index in [1.54, 1.807) is 12.3 Å². The molecule has 0 unspecified atom stereocenters. The average Bonchev–Trinajstić information content (AvgIpc) is 2.83. The summed E-state index contributed by atoms with van der Waals surface area (Å²) in [6, 6.07) is 7.44. The number of anilines is 1. The van der Waals surface area contributed by atoms with Gasteiger partial charge in [0.1, 0.15) is 5.76 Å². The first kappa shape index (κ1) is 12.9. The van der Waals surface area contributed by atoms with Crippen molar-refractivity contribution in [1.82, 2.24) is 0 Å². The fourth-order valence-electron chi connectivity index (χ4n) is 1.75. The van der Waals surface area contributed by atoms with Crippen LogP contribution in [0.5, 0.6) is 0 Å². The van der Waals surface area contributed by atoms with Crippen LogP contribution in [-0.2, 0) is 6.42 Å². The van der Waals surface area contributed by atoms with E-state index >= 15 is 0 Å². The zero-order chi connectivity index (χ0) is 13.1. The van der Waals surface area contributed by atoms with E-state index in [0.717, 1.165) is 15.7 Å². The quantitative estimate of drug-likeness (QED) is 0.925. The van der Waals surface area contributed by atoms with Gasteiger partial charge in [0.2, 0.25) is 0 Å². The second kappa shape index (κ2) is 5.40. The molecule has 18 heavy (non-hydrogen) atoms. The molecule has 0 saturated carbocycles. The second-order valence-electron chi connectivity index (χ2n) is 4.00. The van der Waals surface area contributed by atoms with Gasteiger partial charge >= 0.3 is 0 Å². The molecule has 1 heterocycles. The highest BCUT2D eigenvalue weighted by Gasteiger charge is 2.14. The summed E-state index contributed by atoms with van der Waals surface area (Å²) in [6.07, 6.45) is 2.24. The number of aryl methyl sites for hydroxylation is 2. The Morgan fingerprint density at radius 2 is 2.17 bits per heavy atom. The Morgan fingerprint density at radius 1 is 1.39 bits per heavy atom. The van der Waals surface area contributed by atoms with Crippen LogP contribution < -0.4 is 5.32 Å². The van der Waals surface area contributed by atoms with Crippen LogP contribution in [0.4, 0.5) is 5.69 Å². The summed E-state index contributed by atoms with van der Waals surface area (Å²) in [5.74, 6) is 0.558. The molecule has 0 radical (unpaired) electrons. The molecule has 0 saturated heterocycles. The summed E-state index contributed by atoms with van der Waals surface area (Å²) in [4.78, 5) is 12.1. The van der Waals surface area contributed by atoms with Crippen molar-refractivity contribution in [2.45, 2.75) is 20.3 Å². The van der Waals surface area contributed by atoms with Crippen LogP contribution >= 0.6 is 15.9 Å². The molecule has 1 amide bonds. The van der Waals surface area contributed by atoms with Crippen molar-refractivity contribution in [2.75, 3.05) is 5.32 Å². The zero-order valence-electron chi connectivity index (χ0n) is 10.3. The van der Waals surface area contributed by atoms with Crippen molar-refractivity contribution in [3.05, 3.63) is 51.9 Å². The molecule has 0 aliphatic rings. The van der Waals surface area contributed by atoms with E-state index in [9.17, 15) is 4.79 Å². The lowest BCUT2D eigenvalue weighted by molar-refractivity contribution is 0.102. The van der Waals surface area contributed by atoms with Crippen molar-refractivity contribution in [1.29, 1.82) is 0 Å². The fourth-order valence-corrected chi connectivity index (χ4v) is 2.11. The molecule has 3 nitrogen and oxygen atoms in total. The monoisotopic (exact) mass is 307 g/mol. The summed E-state index contributed by atoms with van der Waals surface area (Å²) in [6.45, 7) is 3.94. The number of nitrogens with one attached hydrogen (secondary N) is 1.